The number of benzene rings is 2. The summed E-state index contributed by atoms with van der Waals surface area (Å²) in [5.74, 6) is -0.367. The van der Waals surface area contributed by atoms with Crippen LogP contribution >= 0.6 is 11.6 Å². The van der Waals surface area contributed by atoms with Gasteiger partial charge in [-0.25, -0.2) is 8.42 Å². The van der Waals surface area contributed by atoms with Gasteiger partial charge in [-0.05, 0) is 60.7 Å². The van der Waals surface area contributed by atoms with Crippen LogP contribution in [0, 0.1) is 5.92 Å². The number of carbonyl (C=O) groups is 1. The zero-order chi connectivity index (χ0) is 20.3. The van der Waals surface area contributed by atoms with Gasteiger partial charge in [0, 0.05) is 23.8 Å². The minimum absolute atomic E-state index is 0.0935. The van der Waals surface area contributed by atoms with Gasteiger partial charge in [-0.15, -0.1) is 0 Å². The fraction of sp³-hybridized carbons (Fsp3) is 0.381. The molecule has 1 heterocycles. The van der Waals surface area contributed by atoms with E-state index in [1.807, 2.05) is 26.0 Å². The minimum Gasteiger partial charge on any atom is -0.326 e. The number of halogens is 1. The molecule has 150 valence electrons. The maximum absolute atomic E-state index is 12.9. The molecule has 5 nitrogen and oxygen atoms in total. The molecule has 2 aromatic rings. The van der Waals surface area contributed by atoms with Gasteiger partial charge in [0.25, 0.3) is 0 Å². The quantitative estimate of drug-likeness (QED) is 0.747. The summed E-state index contributed by atoms with van der Waals surface area (Å²) in [7, 11) is -3.45. The van der Waals surface area contributed by atoms with E-state index < -0.39 is 10.0 Å². The second-order valence-electron chi connectivity index (χ2n) is 7.40. The lowest BCUT2D eigenvalue weighted by molar-refractivity contribution is -0.118. The number of nitrogens with one attached hydrogen (secondary N) is 1. The number of rotatable bonds is 6. The number of hydrogen-bond acceptors (Lipinski definition) is 3. The molecule has 7 heteroatoms. The third-order valence-corrected chi connectivity index (χ3v) is 7.17. The van der Waals surface area contributed by atoms with E-state index in [1.54, 1.807) is 36.4 Å². The molecule has 1 atom stereocenters. The fourth-order valence-corrected chi connectivity index (χ4v) is 5.16. The number of carbonyl (C=O) groups excluding carboxylic acids is 1. The number of anilines is 1. The molecule has 0 bridgehead atoms. The van der Waals surface area contributed by atoms with Gasteiger partial charge in [-0.3, -0.25) is 4.79 Å². The van der Waals surface area contributed by atoms with Crippen molar-refractivity contribution in [2.75, 3.05) is 18.4 Å². The predicted molar refractivity (Wildman–Crippen MR) is 112 cm³/mol. The van der Waals surface area contributed by atoms with E-state index in [2.05, 4.69) is 5.32 Å². The largest absolute Gasteiger partial charge is 0.326 e. The minimum atomic E-state index is -3.45. The van der Waals surface area contributed by atoms with Crippen LogP contribution in [0.3, 0.4) is 0 Å². The van der Waals surface area contributed by atoms with Crippen LogP contribution in [0.4, 0.5) is 5.69 Å². The first kappa shape index (κ1) is 20.8. The Hall–Kier alpha value is -1.89. The zero-order valence-electron chi connectivity index (χ0n) is 16.1. The Kier molecular flexibility index (Phi) is 6.43. The van der Waals surface area contributed by atoms with Gasteiger partial charge >= 0.3 is 0 Å². The van der Waals surface area contributed by atoms with Crippen LogP contribution in [0.15, 0.2) is 53.4 Å². The van der Waals surface area contributed by atoms with Gasteiger partial charge in [0.05, 0.1) is 10.8 Å². The molecular formula is C21H25ClN2O3S. The summed E-state index contributed by atoms with van der Waals surface area (Å²) >= 11 is 5.95. The van der Waals surface area contributed by atoms with Gasteiger partial charge in [-0.1, -0.05) is 37.6 Å². The Morgan fingerprint density at radius 2 is 1.57 bits per heavy atom. The van der Waals surface area contributed by atoms with E-state index in [1.165, 1.54) is 4.31 Å². The van der Waals surface area contributed by atoms with Gasteiger partial charge in [0.1, 0.15) is 0 Å². The molecule has 0 saturated carbocycles. The van der Waals surface area contributed by atoms with E-state index in [0.29, 0.717) is 23.8 Å². The van der Waals surface area contributed by atoms with Crippen LogP contribution in [-0.2, 0) is 14.8 Å². The van der Waals surface area contributed by atoms with Gasteiger partial charge in [0.15, 0.2) is 0 Å². The lowest BCUT2D eigenvalue weighted by atomic mass is 9.87. The van der Waals surface area contributed by atoms with Crippen LogP contribution in [0.5, 0.6) is 0 Å². The molecule has 2 aromatic carbocycles. The van der Waals surface area contributed by atoms with Crippen molar-refractivity contribution in [3.63, 3.8) is 0 Å². The monoisotopic (exact) mass is 420 g/mol. The van der Waals surface area contributed by atoms with Gasteiger partial charge < -0.3 is 5.32 Å². The van der Waals surface area contributed by atoms with Gasteiger partial charge in [0.2, 0.25) is 15.9 Å². The van der Waals surface area contributed by atoms with Crippen molar-refractivity contribution in [1.82, 2.24) is 4.31 Å². The maximum atomic E-state index is 12.9. The van der Waals surface area contributed by atoms with Crippen molar-refractivity contribution in [2.24, 2.45) is 5.92 Å². The van der Waals surface area contributed by atoms with E-state index in [9.17, 15) is 13.2 Å². The molecule has 1 amide bonds. The van der Waals surface area contributed by atoms with Crippen LogP contribution in [0.2, 0.25) is 5.02 Å². The Bertz CT molecular complexity index is 919. The van der Waals surface area contributed by atoms with Crippen molar-refractivity contribution in [3.05, 3.63) is 59.1 Å². The molecule has 3 rings (SSSR count). The first-order valence-corrected chi connectivity index (χ1v) is 11.3. The maximum Gasteiger partial charge on any atom is 0.243 e. The zero-order valence-corrected chi connectivity index (χ0v) is 17.6. The number of nitrogens with zero attached hydrogens (tertiary/aromatic N) is 1. The molecule has 0 aromatic heterocycles. The Morgan fingerprint density at radius 3 is 2.11 bits per heavy atom. The summed E-state index contributed by atoms with van der Waals surface area (Å²) in [5, 5.41) is 3.53. The highest BCUT2D eigenvalue weighted by atomic mass is 35.5. The van der Waals surface area contributed by atoms with Crippen LogP contribution in [-0.4, -0.2) is 31.7 Å². The van der Waals surface area contributed by atoms with Gasteiger partial charge in [-0.2, -0.15) is 4.31 Å². The molecule has 0 spiro atoms. The summed E-state index contributed by atoms with van der Waals surface area (Å²) in [6, 6.07) is 13.7. The molecule has 1 N–H and O–H groups in total. The van der Waals surface area contributed by atoms with Crippen molar-refractivity contribution >= 4 is 33.2 Å². The van der Waals surface area contributed by atoms with E-state index in [0.717, 1.165) is 18.4 Å². The Balaban J connectivity index is 1.75. The summed E-state index contributed by atoms with van der Waals surface area (Å²) in [4.78, 5) is 13.1. The lowest BCUT2D eigenvalue weighted by Crippen LogP contribution is -2.28. The molecule has 0 radical (unpaired) electrons. The Labute approximate surface area is 171 Å². The summed E-state index contributed by atoms with van der Waals surface area (Å²) < 4.78 is 26.7. The third kappa shape index (κ3) is 4.57. The second kappa shape index (κ2) is 8.64. The van der Waals surface area contributed by atoms with Crippen LogP contribution in [0.25, 0.3) is 0 Å². The van der Waals surface area contributed by atoms with Crippen molar-refractivity contribution < 1.29 is 13.2 Å². The Morgan fingerprint density at radius 1 is 1.00 bits per heavy atom. The smallest absolute Gasteiger partial charge is 0.243 e. The molecule has 1 aliphatic rings. The summed E-state index contributed by atoms with van der Waals surface area (Å²) in [6.07, 6.45) is 1.79. The summed E-state index contributed by atoms with van der Waals surface area (Å²) in [6.45, 7) is 5.12. The van der Waals surface area contributed by atoms with Crippen molar-refractivity contribution in [2.45, 2.75) is 37.5 Å². The highest BCUT2D eigenvalue weighted by molar-refractivity contribution is 7.89. The summed E-state index contributed by atoms with van der Waals surface area (Å²) in [5.41, 5.74) is 1.47. The highest BCUT2D eigenvalue weighted by Gasteiger charge is 2.27. The fourth-order valence-electron chi connectivity index (χ4n) is 3.52. The predicted octanol–water partition coefficient (Wildman–Crippen LogP) is 4.50. The molecule has 0 unspecified atom stereocenters. The molecular weight excluding hydrogens is 396 g/mol. The van der Waals surface area contributed by atoms with Crippen molar-refractivity contribution in [1.29, 1.82) is 0 Å². The molecule has 1 fully saturated rings. The number of hydrogen-bond donors (Lipinski definition) is 1. The molecule has 0 aliphatic carbocycles. The highest BCUT2D eigenvalue weighted by Crippen LogP contribution is 2.28. The average Bonchev–Trinajstić information content (AvgIpc) is 3.19. The van der Waals surface area contributed by atoms with Crippen LogP contribution < -0.4 is 5.32 Å². The number of sulfonamides is 1. The SMILES string of the molecule is CC(C)[C@H](C(=O)Nc1ccc(S(=O)(=O)N2CCCC2)cc1)c1ccc(Cl)cc1. The third-order valence-electron chi connectivity index (χ3n) is 5.00. The topological polar surface area (TPSA) is 66.5 Å². The van der Waals surface area contributed by atoms with Crippen LogP contribution in [0.1, 0.15) is 38.2 Å². The van der Waals surface area contributed by atoms with E-state index in [4.69, 9.17) is 11.6 Å². The normalized spacial score (nSPS) is 16.3. The molecule has 28 heavy (non-hydrogen) atoms. The molecule has 1 saturated heterocycles. The average molecular weight is 421 g/mol. The van der Waals surface area contributed by atoms with Crippen molar-refractivity contribution in [3.8, 4) is 0 Å². The second-order valence-corrected chi connectivity index (χ2v) is 9.77. The standard InChI is InChI=1S/C21H25ClN2O3S/c1-15(2)20(16-5-7-17(22)8-6-16)21(25)23-18-9-11-19(12-10-18)28(26,27)24-13-3-4-14-24/h5-12,15,20H,3-4,13-14H2,1-2H3,(H,23,25)/t20-/m0/s1. The van der Waals surface area contributed by atoms with E-state index in [-0.39, 0.29) is 22.6 Å². The first-order chi connectivity index (χ1) is 13.3. The lowest BCUT2D eigenvalue weighted by Gasteiger charge is -2.21. The molecule has 1 aliphatic heterocycles. The first-order valence-electron chi connectivity index (χ1n) is 9.45. The number of amides is 1. The van der Waals surface area contributed by atoms with E-state index >= 15 is 0 Å².